The Labute approximate surface area is 95.0 Å². The van der Waals surface area contributed by atoms with E-state index in [-0.39, 0.29) is 0 Å². The van der Waals surface area contributed by atoms with Crippen LogP contribution in [0.25, 0.3) is 0 Å². The van der Waals surface area contributed by atoms with Gasteiger partial charge in [0.25, 0.3) is 0 Å². The summed E-state index contributed by atoms with van der Waals surface area (Å²) < 4.78 is 0. The van der Waals surface area contributed by atoms with Crippen molar-refractivity contribution < 1.29 is 0 Å². The molecule has 88 valence electrons. The third-order valence-electron chi connectivity index (χ3n) is 4.41. The molecule has 2 aliphatic rings. The van der Waals surface area contributed by atoms with E-state index in [4.69, 9.17) is 0 Å². The van der Waals surface area contributed by atoms with E-state index in [1.54, 1.807) is 0 Å². The fraction of sp³-hybridized carbons (Fsp3) is 1.00. The Morgan fingerprint density at radius 3 is 2.47 bits per heavy atom. The van der Waals surface area contributed by atoms with Crippen LogP contribution in [0.2, 0.25) is 0 Å². The molecule has 0 aromatic heterocycles. The molecule has 1 N–H and O–H groups in total. The fourth-order valence-electron chi connectivity index (χ4n) is 3.24. The predicted octanol–water partition coefficient (Wildman–Crippen LogP) is 3.45. The van der Waals surface area contributed by atoms with E-state index >= 15 is 0 Å². The molecule has 2 saturated carbocycles. The van der Waals surface area contributed by atoms with Crippen LogP contribution in [0.4, 0.5) is 0 Å². The van der Waals surface area contributed by atoms with Crippen LogP contribution in [0.3, 0.4) is 0 Å². The van der Waals surface area contributed by atoms with Crippen LogP contribution in [0.5, 0.6) is 0 Å². The molecular weight excluding hydrogens is 182 g/mol. The van der Waals surface area contributed by atoms with Crippen LogP contribution in [-0.4, -0.2) is 12.6 Å². The standard InChI is InChI=1S/C14H27N/c1-10(2)14-7-4-11(3)8-12(14)9-15-13-5-6-13/h10-15H,4-9H2,1-3H3. The molecule has 1 nitrogen and oxygen atoms in total. The summed E-state index contributed by atoms with van der Waals surface area (Å²) in [5.74, 6) is 3.77. The Morgan fingerprint density at radius 2 is 1.87 bits per heavy atom. The first-order valence-corrected chi connectivity index (χ1v) is 6.90. The SMILES string of the molecule is CC1CCC(C(C)C)C(CNC2CC2)C1. The molecule has 0 aromatic carbocycles. The molecule has 0 heterocycles. The lowest BCUT2D eigenvalue weighted by atomic mass is 9.70. The second-order valence-corrected chi connectivity index (χ2v) is 6.27. The van der Waals surface area contributed by atoms with Gasteiger partial charge in [0.2, 0.25) is 0 Å². The molecule has 0 spiro atoms. The molecule has 0 saturated heterocycles. The van der Waals surface area contributed by atoms with Gasteiger partial charge in [-0.2, -0.15) is 0 Å². The first-order chi connectivity index (χ1) is 7.16. The molecule has 2 aliphatic carbocycles. The lowest BCUT2D eigenvalue weighted by molar-refractivity contribution is 0.141. The van der Waals surface area contributed by atoms with Crippen molar-refractivity contribution in [1.82, 2.24) is 5.32 Å². The molecule has 3 unspecified atom stereocenters. The summed E-state index contributed by atoms with van der Waals surface area (Å²) in [5.41, 5.74) is 0. The minimum absolute atomic E-state index is 0.878. The van der Waals surface area contributed by atoms with E-state index in [1.807, 2.05) is 0 Å². The second kappa shape index (κ2) is 4.86. The van der Waals surface area contributed by atoms with Crippen molar-refractivity contribution in [2.75, 3.05) is 6.54 Å². The highest BCUT2D eigenvalue weighted by molar-refractivity contribution is 4.86. The highest BCUT2D eigenvalue weighted by Gasteiger charge is 2.31. The van der Waals surface area contributed by atoms with Crippen molar-refractivity contribution in [3.8, 4) is 0 Å². The lowest BCUT2D eigenvalue weighted by Crippen LogP contribution is -2.36. The van der Waals surface area contributed by atoms with Gasteiger partial charge < -0.3 is 5.32 Å². The maximum atomic E-state index is 3.73. The topological polar surface area (TPSA) is 12.0 Å². The van der Waals surface area contributed by atoms with Gasteiger partial charge in [0.15, 0.2) is 0 Å². The van der Waals surface area contributed by atoms with Gasteiger partial charge in [0.1, 0.15) is 0 Å². The van der Waals surface area contributed by atoms with E-state index < -0.39 is 0 Å². The summed E-state index contributed by atoms with van der Waals surface area (Å²) in [6.45, 7) is 8.54. The highest BCUT2D eigenvalue weighted by Crippen LogP contribution is 2.38. The molecule has 0 aliphatic heterocycles. The average Bonchev–Trinajstić information content (AvgIpc) is 2.97. The van der Waals surface area contributed by atoms with Crippen LogP contribution in [-0.2, 0) is 0 Å². The van der Waals surface area contributed by atoms with Crippen LogP contribution < -0.4 is 5.32 Å². The number of hydrogen-bond acceptors (Lipinski definition) is 1. The molecule has 2 rings (SSSR count). The van der Waals surface area contributed by atoms with Gasteiger partial charge in [-0.3, -0.25) is 0 Å². The van der Waals surface area contributed by atoms with Crippen molar-refractivity contribution >= 4 is 0 Å². The molecule has 0 radical (unpaired) electrons. The van der Waals surface area contributed by atoms with E-state index in [9.17, 15) is 0 Å². The zero-order chi connectivity index (χ0) is 10.8. The summed E-state index contributed by atoms with van der Waals surface area (Å²) in [4.78, 5) is 0. The predicted molar refractivity (Wildman–Crippen MR) is 65.9 cm³/mol. The van der Waals surface area contributed by atoms with Gasteiger partial charge in [-0.25, -0.2) is 0 Å². The van der Waals surface area contributed by atoms with Gasteiger partial charge in [0, 0.05) is 6.04 Å². The van der Waals surface area contributed by atoms with Crippen LogP contribution in [0.1, 0.15) is 52.9 Å². The minimum atomic E-state index is 0.878. The zero-order valence-electron chi connectivity index (χ0n) is 10.6. The largest absolute Gasteiger partial charge is 0.314 e. The van der Waals surface area contributed by atoms with Crippen molar-refractivity contribution in [3.63, 3.8) is 0 Å². The van der Waals surface area contributed by atoms with Gasteiger partial charge in [-0.05, 0) is 55.9 Å². The third kappa shape index (κ3) is 3.21. The van der Waals surface area contributed by atoms with E-state index in [0.717, 1.165) is 29.7 Å². The minimum Gasteiger partial charge on any atom is -0.314 e. The molecule has 0 bridgehead atoms. The van der Waals surface area contributed by atoms with E-state index in [1.165, 1.54) is 38.6 Å². The van der Waals surface area contributed by atoms with Crippen molar-refractivity contribution in [2.45, 2.75) is 58.9 Å². The first kappa shape index (κ1) is 11.4. The van der Waals surface area contributed by atoms with Gasteiger partial charge in [-0.15, -0.1) is 0 Å². The van der Waals surface area contributed by atoms with Gasteiger partial charge >= 0.3 is 0 Å². The molecule has 1 heteroatoms. The molecule has 3 atom stereocenters. The Balaban J connectivity index is 1.83. The Bertz CT molecular complexity index is 196. The second-order valence-electron chi connectivity index (χ2n) is 6.27. The monoisotopic (exact) mass is 209 g/mol. The third-order valence-corrected chi connectivity index (χ3v) is 4.41. The van der Waals surface area contributed by atoms with Gasteiger partial charge in [-0.1, -0.05) is 27.2 Å². The molecule has 0 aromatic rings. The Hall–Kier alpha value is -0.0400. The van der Waals surface area contributed by atoms with Crippen molar-refractivity contribution in [2.24, 2.45) is 23.7 Å². The summed E-state index contributed by atoms with van der Waals surface area (Å²) in [7, 11) is 0. The molecule has 15 heavy (non-hydrogen) atoms. The first-order valence-electron chi connectivity index (χ1n) is 6.90. The van der Waals surface area contributed by atoms with Crippen LogP contribution in [0, 0.1) is 23.7 Å². The van der Waals surface area contributed by atoms with Crippen LogP contribution >= 0.6 is 0 Å². The summed E-state index contributed by atoms with van der Waals surface area (Å²) in [5, 5.41) is 3.73. The summed E-state index contributed by atoms with van der Waals surface area (Å²) in [6.07, 6.45) is 7.24. The maximum absolute atomic E-state index is 3.73. The van der Waals surface area contributed by atoms with E-state index in [2.05, 4.69) is 26.1 Å². The van der Waals surface area contributed by atoms with Crippen molar-refractivity contribution in [3.05, 3.63) is 0 Å². The van der Waals surface area contributed by atoms with Crippen molar-refractivity contribution in [1.29, 1.82) is 0 Å². The van der Waals surface area contributed by atoms with Gasteiger partial charge in [0.05, 0.1) is 0 Å². The summed E-state index contributed by atoms with van der Waals surface area (Å²) >= 11 is 0. The Kier molecular flexibility index (Phi) is 3.71. The zero-order valence-corrected chi connectivity index (χ0v) is 10.6. The average molecular weight is 209 g/mol. The molecular formula is C14H27N. The highest BCUT2D eigenvalue weighted by atomic mass is 14.9. The van der Waals surface area contributed by atoms with Crippen LogP contribution in [0.15, 0.2) is 0 Å². The number of hydrogen-bond donors (Lipinski definition) is 1. The normalized spacial score (nSPS) is 37.2. The lowest BCUT2D eigenvalue weighted by Gasteiger charge is -2.37. The smallest absolute Gasteiger partial charge is 0.00683 e. The molecule has 2 fully saturated rings. The Morgan fingerprint density at radius 1 is 1.13 bits per heavy atom. The molecule has 0 amide bonds. The quantitative estimate of drug-likeness (QED) is 0.748. The number of rotatable bonds is 4. The maximum Gasteiger partial charge on any atom is 0.00683 e. The van der Waals surface area contributed by atoms with E-state index in [0.29, 0.717) is 0 Å². The fourth-order valence-corrected chi connectivity index (χ4v) is 3.24. The number of nitrogens with one attached hydrogen (secondary N) is 1. The summed E-state index contributed by atoms with van der Waals surface area (Å²) in [6, 6.07) is 0.884.